The molecular weight excluding hydrogens is 310 g/mol. The van der Waals surface area contributed by atoms with Crippen LogP contribution in [0.4, 0.5) is 5.13 Å². The summed E-state index contributed by atoms with van der Waals surface area (Å²) in [5.41, 5.74) is 0. The Balaban J connectivity index is 1.76. The fourth-order valence-electron chi connectivity index (χ4n) is 3.80. The fraction of sp³-hybridized carbons (Fsp3) is 0.765. The minimum atomic E-state index is -0.304. The maximum atomic E-state index is 13.2. The highest BCUT2D eigenvalue weighted by Gasteiger charge is 2.35. The molecule has 0 radical (unpaired) electrons. The average molecular weight is 337 g/mol. The number of aliphatic hydroxyl groups is 1. The smallest absolute Gasteiger partial charge is 0.246 e. The third-order valence-electron chi connectivity index (χ3n) is 5.14. The standard InChI is InChI=1S/C17H27N3O2S/c1-13(19-10-5-8-15(21)12-19)16(22)20(17-18-9-11-23-17)14-6-3-2-4-7-14/h9,11,13-15,21H,2-8,10,12H2,1H3. The molecule has 1 saturated heterocycles. The molecule has 1 aliphatic carbocycles. The molecule has 1 saturated carbocycles. The largest absolute Gasteiger partial charge is 0.392 e. The molecule has 23 heavy (non-hydrogen) atoms. The minimum absolute atomic E-state index is 0.140. The summed E-state index contributed by atoms with van der Waals surface area (Å²) in [6, 6.07) is 0.0790. The number of hydrogen-bond acceptors (Lipinski definition) is 5. The first-order valence-electron chi connectivity index (χ1n) is 8.81. The van der Waals surface area contributed by atoms with Crippen LogP contribution in [-0.4, -0.2) is 52.2 Å². The van der Waals surface area contributed by atoms with Crippen molar-refractivity contribution in [3.8, 4) is 0 Å². The van der Waals surface area contributed by atoms with E-state index >= 15 is 0 Å². The molecule has 2 heterocycles. The van der Waals surface area contributed by atoms with Crippen LogP contribution in [0.15, 0.2) is 11.6 Å². The Labute approximate surface area is 142 Å². The highest BCUT2D eigenvalue weighted by molar-refractivity contribution is 7.13. The van der Waals surface area contributed by atoms with E-state index in [1.54, 1.807) is 17.5 Å². The van der Waals surface area contributed by atoms with Crippen molar-refractivity contribution in [2.45, 2.75) is 70.1 Å². The van der Waals surface area contributed by atoms with Crippen molar-refractivity contribution in [2.24, 2.45) is 0 Å². The first kappa shape index (κ1) is 16.9. The predicted octanol–water partition coefficient (Wildman–Crippen LogP) is 2.65. The second kappa shape index (κ2) is 7.73. The fourth-order valence-corrected chi connectivity index (χ4v) is 4.51. The maximum absolute atomic E-state index is 13.2. The number of aliphatic hydroxyl groups excluding tert-OH is 1. The lowest BCUT2D eigenvalue weighted by Crippen LogP contribution is -2.54. The quantitative estimate of drug-likeness (QED) is 0.918. The topological polar surface area (TPSA) is 56.7 Å². The molecule has 2 aliphatic rings. The Morgan fingerprint density at radius 3 is 2.78 bits per heavy atom. The average Bonchev–Trinajstić information content (AvgIpc) is 3.09. The van der Waals surface area contributed by atoms with E-state index in [0.29, 0.717) is 6.54 Å². The molecule has 5 nitrogen and oxygen atoms in total. The molecule has 0 aromatic carbocycles. The van der Waals surface area contributed by atoms with Crippen LogP contribution in [0.1, 0.15) is 51.9 Å². The molecule has 2 atom stereocenters. The molecule has 1 aromatic heterocycles. The van der Waals surface area contributed by atoms with Crippen LogP contribution in [-0.2, 0) is 4.79 Å². The van der Waals surface area contributed by atoms with E-state index in [1.807, 2.05) is 17.2 Å². The molecule has 1 amide bonds. The SMILES string of the molecule is CC(C(=O)N(c1nccs1)C1CCCCC1)N1CCCC(O)C1. The summed E-state index contributed by atoms with van der Waals surface area (Å²) in [7, 11) is 0. The van der Waals surface area contributed by atoms with Crippen molar-refractivity contribution in [1.82, 2.24) is 9.88 Å². The van der Waals surface area contributed by atoms with E-state index in [9.17, 15) is 9.90 Å². The van der Waals surface area contributed by atoms with Crippen LogP contribution < -0.4 is 4.90 Å². The first-order valence-corrected chi connectivity index (χ1v) is 9.69. The van der Waals surface area contributed by atoms with Crippen molar-refractivity contribution in [1.29, 1.82) is 0 Å². The normalized spacial score (nSPS) is 25.2. The van der Waals surface area contributed by atoms with Gasteiger partial charge in [0.15, 0.2) is 5.13 Å². The second-order valence-electron chi connectivity index (χ2n) is 6.78. The molecule has 0 bridgehead atoms. The van der Waals surface area contributed by atoms with Gasteiger partial charge in [0.1, 0.15) is 0 Å². The van der Waals surface area contributed by atoms with Crippen molar-refractivity contribution in [2.75, 3.05) is 18.0 Å². The van der Waals surface area contributed by atoms with Crippen LogP contribution in [0, 0.1) is 0 Å². The van der Waals surface area contributed by atoms with Gasteiger partial charge in [-0.3, -0.25) is 14.6 Å². The molecule has 6 heteroatoms. The lowest BCUT2D eigenvalue weighted by Gasteiger charge is -2.39. The molecule has 1 aromatic rings. The maximum Gasteiger partial charge on any atom is 0.246 e. The van der Waals surface area contributed by atoms with Gasteiger partial charge in [-0.2, -0.15) is 0 Å². The molecule has 0 spiro atoms. The van der Waals surface area contributed by atoms with Gasteiger partial charge < -0.3 is 5.11 Å². The number of aromatic nitrogens is 1. The number of thiazole rings is 1. The zero-order valence-electron chi connectivity index (χ0n) is 13.9. The number of hydrogen-bond donors (Lipinski definition) is 1. The van der Waals surface area contributed by atoms with Gasteiger partial charge >= 0.3 is 0 Å². The van der Waals surface area contributed by atoms with Crippen molar-refractivity contribution in [3.63, 3.8) is 0 Å². The molecule has 2 fully saturated rings. The van der Waals surface area contributed by atoms with E-state index in [-0.39, 0.29) is 24.1 Å². The van der Waals surface area contributed by atoms with Crippen molar-refractivity contribution >= 4 is 22.4 Å². The van der Waals surface area contributed by atoms with E-state index in [2.05, 4.69) is 9.88 Å². The zero-order valence-corrected chi connectivity index (χ0v) is 14.7. The third-order valence-corrected chi connectivity index (χ3v) is 5.91. The lowest BCUT2D eigenvalue weighted by atomic mass is 9.94. The molecule has 2 unspecified atom stereocenters. The number of carbonyl (C=O) groups is 1. The lowest BCUT2D eigenvalue weighted by molar-refractivity contribution is -0.125. The van der Waals surface area contributed by atoms with Gasteiger partial charge in [-0.1, -0.05) is 19.3 Å². The molecule has 3 rings (SSSR count). The molecule has 128 valence electrons. The Morgan fingerprint density at radius 1 is 1.35 bits per heavy atom. The van der Waals surface area contributed by atoms with Gasteiger partial charge in [-0.15, -0.1) is 11.3 Å². The van der Waals surface area contributed by atoms with Crippen LogP contribution in [0.2, 0.25) is 0 Å². The highest BCUT2D eigenvalue weighted by atomic mass is 32.1. The van der Waals surface area contributed by atoms with Gasteiger partial charge in [0.2, 0.25) is 5.91 Å². The molecule has 1 aliphatic heterocycles. The number of nitrogens with zero attached hydrogens (tertiary/aromatic N) is 3. The monoisotopic (exact) mass is 337 g/mol. The van der Waals surface area contributed by atoms with Crippen LogP contribution in [0.5, 0.6) is 0 Å². The van der Waals surface area contributed by atoms with Crippen LogP contribution >= 0.6 is 11.3 Å². The van der Waals surface area contributed by atoms with Gasteiger partial charge in [0.25, 0.3) is 0 Å². The van der Waals surface area contributed by atoms with E-state index in [0.717, 1.165) is 37.4 Å². The predicted molar refractivity (Wildman–Crippen MR) is 92.7 cm³/mol. The van der Waals surface area contributed by atoms with Gasteiger partial charge in [0.05, 0.1) is 12.1 Å². The summed E-state index contributed by atoms with van der Waals surface area (Å²) >= 11 is 1.54. The van der Waals surface area contributed by atoms with Crippen LogP contribution in [0.3, 0.4) is 0 Å². The number of anilines is 1. The van der Waals surface area contributed by atoms with Crippen molar-refractivity contribution in [3.05, 3.63) is 11.6 Å². The summed E-state index contributed by atoms with van der Waals surface area (Å²) in [6.45, 7) is 3.47. The van der Waals surface area contributed by atoms with Gasteiger partial charge in [-0.25, -0.2) is 4.98 Å². The summed E-state index contributed by atoms with van der Waals surface area (Å²) in [5, 5.41) is 12.7. The first-order chi connectivity index (χ1) is 11.2. The zero-order chi connectivity index (χ0) is 16.2. The highest BCUT2D eigenvalue weighted by Crippen LogP contribution is 2.30. The van der Waals surface area contributed by atoms with Gasteiger partial charge in [-0.05, 0) is 39.2 Å². The number of amides is 1. The Hall–Kier alpha value is -0.980. The van der Waals surface area contributed by atoms with Crippen LogP contribution in [0.25, 0.3) is 0 Å². The number of likely N-dealkylation sites (tertiary alicyclic amines) is 1. The van der Waals surface area contributed by atoms with E-state index < -0.39 is 0 Å². The van der Waals surface area contributed by atoms with E-state index in [1.165, 1.54) is 19.3 Å². The molecular formula is C17H27N3O2S. The molecule has 1 N–H and O–H groups in total. The summed E-state index contributed by atoms with van der Waals surface area (Å²) in [4.78, 5) is 21.7. The minimum Gasteiger partial charge on any atom is -0.392 e. The number of piperidine rings is 1. The Morgan fingerprint density at radius 2 is 2.13 bits per heavy atom. The van der Waals surface area contributed by atoms with Gasteiger partial charge in [0, 0.05) is 24.2 Å². The Bertz CT molecular complexity index is 502. The second-order valence-corrected chi connectivity index (χ2v) is 7.65. The number of rotatable bonds is 4. The number of carbonyl (C=O) groups excluding carboxylic acids is 1. The summed E-state index contributed by atoms with van der Waals surface area (Å²) < 4.78 is 0. The number of β-amino-alcohol motifs (C(OH)–C–C–N with tert-alkyl or cyclic N) is 1. The van der Waals surface area contributed by atoms with Crippen molar-refractivity contribution < 1.29 is 9.90 Å². The third kappa shape index (κ3) is 3.92. The van der Waals surface area contributed by atoms with E-state index in [4.69, 9.17) is 0 Å². The summed E-state index contributed by atoms with van der Waals surface area (Å²) in [6.07, 6.45) is 9.06. The Kier molecular flexibility index (Phi) is 5.67. The summed E-state index contributed by atoms with van der Waals surface area (Å²) in [5.74, 6) is 0.140.